The van der Waals surface area contributed by atoms with Crippen LogP contribution in [0.2, 0.25) is 0 Å². The van der Waals surface area contributed by atoms with Crippen LogP contribution < -0.4 is 5.32 Å². The van der Waals surface area contributed by atoms with Gasteiger partial charge in [0, 0.05) is 29.8 Å². The van der Waals surface area contributed by atoms with Crippen LogP contribution in [0.1, 0.15) is 56.1 Å². The predicted octanol–water partition coefficient (Wildman–Crippen LogP) is 2.58. The molecule has 1 aromatic carbocycles. The first kappa shape index (κ1) is 20.1. The fourth-order valence-electron chi connectivity index (χ4n) is 4.44. The molecule has 4 rings (SSSR count). The molecule has 2 aliphatic heterocycles. The molecule has 0 radical (unpaired) electrons. The molecule has 1 spiro atoms. The second kappa shape index (κ2) is 7.92. The summed E-state index contributed by atoms with van der Waals surface area (Å²) >= 11 is 0. The van der Waals surface area contributed by atoms with Gasteiger partial charge < -0.3 is 5.32 Å². The molecule has 1 amide bonds. The van der Waals surface area contributed by atoms with E-state index in [2.05, 4.69) is 16.5 Å². The summed E-state index contributed by atoms with van der Waals surface area (Å²) in [6, 6.07) is 7.46. The predicted molar refractivity (Wildman–Crippen MR) is 113 cm³/mol. The minimum atomic E-state index is -3.70. The molecule has 2 heterocycles. The van der Waals surface area contributed by atoms with Gasteiger partial charge in [0.25, 0.3) is 15.9 Å². The van der Waals surface area contributed by atoms with Crippen LogP contribution >= 0.6 is 0 Å². The van der Waals surface area contributed by atoms with Crippen molar-refractivity contribution in [3.63, 3.8) is 0 Å². The van der Waals surface area contributed by atoms with Crippen molar-refractivity contribution in [2.45, 2.75) is 57.4 Å². The van der Waals surface area contributed by atoms with Gasteiger partial charge in [0.2, 0.25) is 0 Å². The Labute approximate surface area is 172 Å². The van der Waals surface area contributed by atoms with Gasteiger partial charge in [-0.15, -0.1) is 0 Å². The number of rotatable bonds is 2. The Morgan fingerprint density at radius 1 is 1.14 bits per heavy atom. The SMILES string of the molecule is Cc1ccccc1C#CS(=O)(=O)N1CCC2(CC1)N=C(C1CCCCC1)NC2=O. The van der Waals surface area contributed by atoms with E-state index in [9.17, 15) is 13.2 Å². The van der Waals surface area contributed by atoms with Crippen molar-refractivity contribution in [3.05, 3.63) is 35.4 Å². The van der Waals surface area contributed by atoms with Gasteiger partial charge in [0.15, 0.2) is 0 Å². The zero-order chi connectivity index (χ0) is 20.5. The van der Waals surface area contributed by atoms with Crippen LogP contribution in [0.3, 0.4) is 0 Å². The van der Waals surface area contributed by atoms with E-state index >= 15 is 0 Å². The lowest BCUT2D eigenvalue weighted by Crippen LogP contribution is -2.50. The number of aliphatic imine (C=N–C) groups is 1. The molecule has 1 aliphatic carbocycles. The maximum Gasteiger partial charge on any atom is 0.283 e. The summed E-state index contributed by atoms with van der Waals surface area (Å²) in [5.41, 5.74) is 0.851. The molecular formula is C22H27N3O3S. The highest BCUT2D eigenvalue weighted by Crippen LogP contribution is 2.34. The number of nitrogens with zero attached hydrogens (tertiary/aromatic N) is 2. The zero-order valence-electron chi connectivity index (χ0n) is 16.8. The Balaban J connectivity index is 1.45. The van der Waals surface area contributed by atoms with Crippen molar-refractivity contribution in [2.24, 2.45) is 10.9 Å². The number of hydrogen-bond acceptors (Lipinski definition) is 4. The van der Waals surface area contributed by atoms with Gasteiger partial charge >= 0.3 is 0 Å². The van der Waals surface area contributed by atoms with E-state index in [0.29, 0.717) is 24.3 Å². The maximum absolute atomic E-state index is 12.7. The Morgan fingerprint density at radius 2 is 1.83 bits per heavy atom. The molecule has 0 atom stereocenters. The minimum absolute atomic E-state index is 0.0684. The van der Waals surface area contributed by atoms with Crippen LogP contribution in [0.4, 0.5) is 0 Å². The molecule has 1 saturated heterocycles. The fraction of sp³-hybridized carbons (Fsp3) is 0.545. The Hall–Kier alpha value is -2.17. The monoisotopic (exact) mass is 413 g/mol. The molecule has 0 unspecified atom stereocenters. The molecule has 2 fully saturated rings. The van der Waals surface area contributed by atoms with Gasteiger partial charge in [-0.05, 0) is 50.2 Å². The summed E-state index contributed by atoms with van der Waals surface area (Å²) in [7, 11) is -3.70. The molecule has 0 bridgehead atoms. The molecule has 154 valence electrons. The smallest absolute Gasteiger partial charge is 0.283 e. The molecular weight excluding hydrogens is 386 g/mol. The number of benzene rings is 1. The molecule has 1 aromatic rings. The van der Waals surface area contributed by atoms with E-state index < -0.39 is 15.6 Å². The highest BCUT2D eigenvalue weighted by Gasteiger charge is 2.48. The van der Waals surface area contributed by atoms with Crippen LogP contribution in [-0.2, 0) is 14.8 Å². The Bertz CT molecular complexity index is 990. The Kier molecular flexibility index (Phi) is 5.50. The van der Waals surface area contributed by atoms with Gasteiger partial charge in [-0.3, -0.25) is 9.79 Å². The number of amidine groups is 1. The van der Waals surface area contributed by atoms with Crippen molar-refractivity contribution in [3.8, 4) is 11.2 Å². The molecule has 3 aliphatic rings. The summed E-state index contributed by atoms with van der Waals surface area (Å²) in [5, 5.41) is 5.45. The summed E-state index contributed by atoms with van der Waals surface area (Å²) in [6.45, 7) is 2.43. The first-order valence-corrected chi connectivity index (χ1v) is 11.8. The molecule has 0 aromatic heterocycles. The number of amides is 1. The van der Waals surface area contributed by atoms with Crippen LogP contribution in [0.5, 0.6) is 0 Å². The highest BCUT2D eigenvalue weighted by atomic mass is 32.2. The summed E-state index contributed by atoms with van der Waals surface area (Å²) in [6.07, 6.45) is 6.56. The second-order valence-electron chi connectivity index (χ2n) is 8.26. The van der Waals surface area contributed by atoms with E-state index in [0.717, 1.165) is 24.2 Å². The number of aryl methyl sites for hydroxylation is 1. The lowest BCUT2D eigenvalue weighted by Gasteiger charge is -2.33. The van der Waals surface area contributed by atoms with Crippen molar-refractivity contribution >= 4 is 21.8 Å². The second-order valence-corrected chi connectivity index (χ2v) is 9.93. The molecule has 7 heteroatoms. The number of carbonyl (C=O) groups excluding carboxylic acids is 1. The quantitative estimate of drug-likeness (QED) is 0.757. The van der Waals surface area contributed by atoms with Crippen molar-refractivity contribution in [1.29, 1.82) is 0 Å². The van der Waals surface area contributed by atoms with E-state index in [1.165, 1.54) is 23.6 Å². The topological polar surface area (TPSA) is 78.8 Å². The van der Waals surface area contributed by atoms with Crippen LogP contribution in [0.25, 0.3) is 0 Å². The van der Waals surface area contributed by atoms with Crippen LogP contribution in [0.15, 0.2) is 29.3 Å². The molecule has 1 N–H and O–H groups in total. The zero-order valence-corrected chi connectivity index (χ0v) is 17.6. The van der Waals surface area contributed by atoms with Crippen LogP contribution in [-0.4, -0.2) is 43.1 Å². The first-order valence-electron chi connectivity index (χ1n) is 10.4. The molecule has 6 nitrogen and oxygen atoms in total. The summed E-state index contributed by atoms with van der Waals surface area (Å²) < 4.78 is 26.7. The van der Waals surface area contributed by atoms with Gasteiger partial charge in [-0.25, -0.2) is 0 Å². The van der Waals surface area contributed by atoms with Gasteiger partial charge in [0.05, 0.1) is 0 Å². The van der Waals surface area contributed by atoms with Crippen molar-refractivity contribution < 1.29 is 13.2 Å². The van der Waals surface area contributed by atoms with Crippen molar-refractivity contribution in [1.82, 2.24) is 9.62 Å². The van der Waals surface area contributed by atoms with E-state index in [4.69, 9.17) is 4.99 Å². The lowest BCUT2D eigenvalue weighted by atomic mass is 9.88. The fourth-order valence-corrected chi connectivity index (χ4v) is 5.48. The van der Waals surface area contributed by atoms with E-state index in [-0.39, 0.29) is 19.0 Å². The summed E-state index contributed by atoms with van der Waals surface area (Å²) in [5.74, 6) is 3.88. The van der Waals surface area contributed by atoms with E-state index in [1.807, 2.05) is 31.2 Å². The standard InChI is InChI=1S/C22H27N3O3S/c1-17-7-5-6-8-18(17)11-16-29(27,28)25-14-12-22(13-15-25)21(26)23-20(24-22)19-9-3-2-4-10-19/h5-8,19H,2-4,9-10,12-15H2,1H3,(H,23,24,26). The Morgan fingerprint density at radius 3 is 2.52 bits per heavy atom. The van der Waals surface area contributed by atoms with Gasteiger partial charge in [0.1, 0.15) is 11.4 Å². The lowest BCUT2D eigenvalue weighted by molar-refractivity contribution is -0.124. The third-order valence-electron chi connectivity index (χ3n) is 6.34. The number of carbonyl (C=O) groups is 1. The van der Waals surface area contributed by atoms with Crippen LogP contribution in [0, 0.1) is 24.0 Å². The molecule has 1 saturated carbocycles. The third-order valence-corrected chi connectivity index (χ3v) is 7.74. The molecule has 29 heavy (non-hydrogen) atoms. The average Bonchev–Trinajstić information content (AvgIpc) is 3.04. The van der Waals surface area contributed by atoms with Gasteiger partial charge in [-0.2, -0.15) is 12.7 Å². The first-order chi connectivity index (χ1) is 13.9. The number of piperidine rings is 1. The average molecular weight is 414 g/mol. The van der Waals surface area contributed by atoms with Crippen molar-refractivity contribution in [2.75, 3.05) is 13.1 Å². The summed E-state index contributed by atoms with van der Waals surface area (Å²) in [4.78, 5) is 17.5. The number of hydrogen-bond donors (Lipinski definition) is 1. The normalized spacial score (nSPS) is 22.7. The number of nitrogens with one attached hydrogen (secondary N) is 1. The largest absolute Gasteiger partial charge is 0.312 e. The maximum atomic E-state index is 12.7. The van der Waals surface area contributed by atoms with E-state index in [1.54, 1.807) is 0 Å². The highest BCUT2D eigenvalue weighted by molar-refractivity contribution is 7.93. The number of sulfonamides is 1. The van der Waals surface area contributed by atoms with Gasteiger partial charge in [-0.1, -0.05) is 37.5 Å². The minimum Gasteiger partial charge on any atom is -0.312 e. The third kappa shape index (κ3) is 4.10.